The van der Waals surface area contributed by atoms with Crippen molar-refractivity contribution in [1.82, 2.24) is 0 Å². The highest BCUT2D eigenvalue weighted by Crippen LogP contribution is 2.58. The first-order valence-corrected chi connectivity index (χ1v) is 11.8. The summed E-state index contributed by atoms with van der Waals surface area (Å²) in [4.78, 5) is 25.2. The highest BCUT2D eigenvalue weighted by Gasteiger charge is 2.58. The van der Waals surface area contributed by atoms with Crippen LogP contribution in [0.3, 0.4) is 0 Å². The van der Waals surface area contributed by atoms with Gasteiger partial charge < -0.3 is 5.11 Å². The first kappa shape index (κ1) is 19.1. The van der Waals surface area contributed by atoms with E-state index < -0.39 is 6.09 Å². The Morgan fingerprint density at radius 2 is 1.69 bits per heavy atom. The van der Waals surface area contributed by atoms with E-state index in [0.29, 0.717) is 22.8 Å². The Bertz CT molecular complexity index is 570. The minimum absolute atomic E-state index is 0.142. The summed E-state index contributed by atoms with van der Waals surface area (Å²) in [6.45, 7) is 4.22. The summed E-state index contributed by atoms with van der Waals surface area (Å²) in [5.41, 5.74) is 0. The van der Waals surface area contributed by atoms with E-state index in [0.717, 1.165) is 30.1 Å². The first-order chi connectivity index (χ1) is 12.3. The Morgan fingerprint density at radius 1 is 1.12 bits per heavy atom. The third-order valence-electron chi connectivity index (χ3n) is 7.77. The Hall–Kier alpha value is -0.200. The Balaban J connectivity index is 1.49. The fraction of sp³-hybridized carbons (Fsp3) is 0.900. The third-order valence-corrected chi connectivity index (χ3v) is 10.1. The van der Waals surface area contributed by atoms with Gasteiger partial charge in [-0.2, -0.15) is 21.9 Å². The number of carbonyl (C=O) groups excluding carboxylic acids is 1. The molecule has 0 aromatic heterocycles. The van der Waals surface area contributed by atoms with Crippen LogP contribution in [0.5, 0.6) is 0 Å². The van der Waals surface area contributed by atoms with Crippen molar-refractivity contribution in [2.45, 2.75) is 68.9 Å². The SMILES string of the molecule is CC(CS)C(=O)[N@@+]1(C(=O)O)C[C@H](SC2C3CC4CC(C3)CC2C4)C[C@H]1C. The van der Waals surface area contributed by atoms with Gasteiger partial charge >= 0.3 is 12.0 Å². The van der Waals surface area contributed by atoms with Crippen molar-refractivity contribution in [2.75, 3.05) is 12.3 Å². The van der Waals surface area contributed by atoms with E-state index in [-0.39, 0.29) is 22.3 Å². The molecule has 1 unspecified atom stereocenters. The van der Waals surface area contributed by atoms with Crippen molar-refractivity contribution in [3.05, 3.63) is 0 Å². The van der Waals surface area contributed by atoms with Gasteiger partial charge in [0.15, 0.2) is 0 Å². The Labute approximate surface area is 166 Å². The number of amides is 2. The largest absolute Gasteiger partial charge is 0.521 e. The van der Waals surface area contributed by atoms with Crippen LogP contribution in [0.25, 0.3) is 0 Å². The van der Waals surface area contributed by atoms with Gasteiger partial charge in [0.2, 0.25) is 0 Å². The van der Waals surface area contributed by atoms with Crippen molar-refractivity contribution in [3.8, 4) is 0 Å². The molecule has 6 heteroatoms. The first-order valence-electron chi connectivity index (χ1n) is 10.3. The highest BCUT2D eigenvalue weighted by molar-refractivity contribution is 8.00. The zero-order valence-corrected chi connectivity index (χ0v) is 17.6. The molecule has 2 amide bonds. The van der Waals surface area contributed by atoms with Crippen molar-refractivity contribution >= 4 is 36.4 Å². The van der Waals surface area contributed by atoms with Gasteiger partial charge in [-0.15, -0.1) is 11.8 Å². The molecular formula is C20H32NO3S2+. The van der Waals surface area contributed by atoms with E-state index >= 15 is 0 Å². The lowest BCUT2D eigenvalue weighted by Crippen LogP contribution is -2.61. The molecular weight excluding hydrogens is 366 g/mol. The molecule has 5 fully saturated rings. The van der Waals surface area contributed by atoms with Gasteiger partial charge in [0.1, 0.15) is 12.6 Å². The number of nitrogens with zero attached hydrogens (tertiary/aromatic N) is 1. The lowest BCUT2D eigenvalue weighted by Gasteiger charge is -2.54. The number of carboxylic acid groups (broad SMARTS) is 1. The lowest BCUT2D eigenvalue weighted by atomic mass is 9.56. The summed E-state index contributed by atoms with van der Waals surface area (Å²) in [6, 6.07) is -0.142. The van der Waals surface area contributed by atoms with Gasteiger partial charge in [0.05, 0.1) is 11.2 Å². The fourth-order valence-electron chi connectivity index (χ4n) is 6.69. The smallest absolute Gasteiger partial charge is 0.435 e. The molecule has 4 bridgehead atoms. The number of carbonyl (C=O) groups is 2. The molecule has 1 aliphatic heterocycles. The van der Waals surface area contributed by atoms with Gasteiger partial charge in [-0.05, 0) is 69.6 Å². The van der Waals surface area contributed by atoms with Crippen molar-refractivity contribution in [3.63, 3.8) is 0 Å². The summed E-state index contributed by atoms with van der Waals surface area (Å²) in [7, 11) is 0. The summed E-state index contributed by atoms with van der Waals surface area (Å²) < 4.78 is -0.382. The second-order valence-corrected chi connectivity index (χ2v) is 11.3. The minimum Gasteiger partial charge on any atom is -0.435 e. The molecule has 1 heterocycles. The van der Waals surface area contributed by atoms with Crippen LogP contribution in [0, 0.1) is 29.6 Å². The van der Waals surface area contributed by atoms with Gasteiger partial charge in [-0.3, -0.25) is 0 Å². The van der Waals surface area contributed by atoms with Crippen molar-refractivity contribution in [1.29, 1.82) is 0 Å². The molecule has 1 saturated heterocycles. The quantitative estimate of drug-likeness (QED) is 0.548. The summed E-state index contributed by atoms with van der Waals surface area (Å²) in [5.74, 6) is 3.53. The summed E-state index contributed by atoms with van der Waals surface area (Å²) >= 11 is 6.29. The maximum Gasteiger partial charge on any atom is 0.521 e. The van der Waals surface area contributed by atoms with Gasteiger partial charge in [-0.1, -0.05) is 0 Å². The molecule has 0 radical (unpaired) electrons. The molecule has 4 nitrogen and oxygen atoms in total. The van der Waals surface area contributed by atoms with Crippen LogP contribution in [0.2, 0.25) is 0 Å². The number of quaternary nitrogens is 1. The molecule has 4 saturated carbocycles. The van der Waals surface area contributed by atoms with Crippen LogP contribution < -0.4 is 0 Å². The van der Waals surface area contributed by atoms with E-state index in [9.17, 15) is 14.7 Å². The number of thioether (sulfide) groups is 1. The predicted molar refractivity (Wildman–Crippen MR) is 107 cm³/mol. The zero-order valence-electron chi connectivity index (χ0n) is 15.8. The highest BCUT2D eigenvalue weighted by atomic mass is 32.2. The number of hydrogen-bond donors (Lipinski definition) is 2. The lowest BCUT2D eigenvalue weighted by molar-refractivity contribution is -0.793. The maximum atomic E-state index is 13.0. The van der Waals surface area contributed by atoms with Crippen LogP contribution in [-0.2, 0) is 4.79 Å². The van der Waals surface area contributed by atoms with E-state index in [1.54, 1.807) is 0 Å². The topological polar surface area (TPSA) is 54.4 Å². The molecule has 5 aliphatic rings. The Kier molecular flexibility index (Phi) is 5.15. The maximum absolute atomic E-state index is 13.0. The monoisotopic (exact) mass is 398 g/mol. The van der Waals surface area contributed by atoms with E-state index in [1.165, 1.54) is 32.1 Å². The van der Waals surface area contributed by atoms with E-state index in [1.807, 2.05) is 13.8 Å². The van der Waals surface area contributed by atoms with E-state index in [4.69, 9.17) is 0 Å². The molecule has 26 heavy (non-hydrogen) atoms. The molecule has 0 spiro atoms. The molecule has 1 N–H and O–H groups in total. The number of thiol groups is 1. The summed E-state index contributed by atoms with van der Waals surface area (Å²) in [6.07, 6.45) is 6.89. The molecule has 5 rings (SSSR count). The van der Waals surface area contributed by atoms with Crippen LogP contribution in [0.15, 0.2) is 0 Å². The van der Waals surface area contributed by atoms with Crippen LogP contribution in [0.4, 0.5) is 4.79 Å². The average molecular weight is 399 g/mol. The normalized spacial score (nSPS) is 47.9. The number of likely N-dealkylation sites (tertiary alicyclic amines) is 1. The fourth-order valence-corrected chi connectivity index (χ4v) is 8.89. The van der Waals surface area contributed by atoms with Crippen LogP contribution >= 0.6 is 24.4 Å². The van der Waals surface area contributed by atoms with E-state index in [2.05, 4.69) is 24.4 Å². The minimum atomic E-state index is -0.968. The van der Waals surface area contributed by atoms with Gasteiger partial charge in [-0.25, -0.2) is 4.79 Å². The number of rotatable bonds is 4. The number of hydrogen-bond acceptors (Lipinski definition) is 4. The molecule has 0 aromatic rings. The Morgan fingerprint density at radius 3 is 2.19 bits per heavy atom. The molecule has 4 aliphatic carbocycles. The van der Waals surface area contributed by atoms with Gasteiger partial charge in [0.25, 0.3) is 0 Å². The predicted octanol–water partition coefficient (Wildman–Crippen LogP) is 4.29. The van der Waals surface area contributed by atoms with Gasteiger partial charge in [0, 0.05) is 17.4 Å². The second kappa shape index (κ2) is 7.00. The standard InChI is InChI=1S/C20H31NO3S2/c1-11(10-25)19(22)21(20(23)24)9-17(3-12(21)2)26-18-15-5-13-4-14(7-15)8-16(18)6-13/h11-18H,3-10H2,1-2H3,(H-,23,24,25)/p+1/t11?,12-,13?,14?,15?,16?,17-,18?,21-/m1/s1. The second-order valence-electron chi connectivity index (χ2n) is 9.49. The number of imide groups is 1. The molecule has 4 atom stereocenters. The summed E-state index contributed by atoms with van der Waals surface area (Å²) in [5, 5.41) is 11.0. The van der Waals surface area contributed by atoms with Crippen molar-refractivity contribution < 1.29 is 19.2 Å². The molecule has 146 valence electrons. The third kappa shape index (κ3) is 2.95. The van der Waals surface area contributed by atoms with Crippen LogP contribution in [0.1, 0.15) is 52.4 Å². The molecule has 0 aromatic carbocycles. The average Bonchev–Trinajstić information content (AvgIpc) is 2.93. The zero-order chi connectivity index (χ0) is 18.6. The van der Waals surface area contributed by atoms with Crippen LogP contribution in [-0.4, -0.2) is 50.4 Å². The van der Waals surface area contributed by atoms with Crippen molar-refractivity contribution in [2.24, 2.45) is 29.6 Å².